The molecule has 1 aliphatic heterocycles. The normalized spacial score (nSPS) is 20.8. The number of piperidine rings is 1. The number of carbonyl (C=O) groups excluding carboxylic acids is 1. The van der Waals surface area contributed by atoms with Gasteiger partial charge < -0.3 is 5.32 Å². The monoisotopic (exact) mass is 379 g/mol. The Morgan fingerprint density at radius 2 is 1.62 bits per heavy atom. The molecule has 3 rings (SSSR count). The maximum absolute atomic E-state index is 12.4. The third kappa shape index (κ3) is 5.53. The highest BCUT2D eigenvalue weighted by molar-refractivity contribution is 7.89. The van der Waals surface area contributed by atoms with E-state index in [4.69, 9.17) is 0 Å². The molecule has 0 spiro atoms. The summed E-state index contributed by atoms with van der Waals surface area (Å²) >= 11 is 0. The zero-order valence-corrected chi connectivity index (χ0v) is 16.0. The van der Waals surface area contributed by atoms with Gasteiger partial charge in [0.1, 0.15) is 0 Å². The van der Waals surface area contributed by atoms with Crippen molar-refractivity contribution in [2.24, 2.45) is 0 Å². The van der Waals surface area contributed by atoms with Gasteiger partial charge in [-0.25, -0.2) is 13.1 Å². The van der Waals surface area contributed by atoms with Crippen molar-refractivity contribution >= 4 is 15.9 Å². The second kappa shape index (κ2) is 8.97. The maximum Gasteiger partial charge on any atom is 0.240 e. The largest absolute Gasteiger partial charge is 0.352 e. The van der Waals surface area contributed by atoms with Gasteiger partial charge in [-0.3, -0.25) is 9.69 Å². The van der Waals surface area contributed by atoms with Crippen molar-refractivity contribution in [2.75, 3.05) is 19.6 Å². The minimum Gasteiger partial charge on any atom is -0.352 e. The Morgan fingerprint density at radius 1 is 0.962 bits per heavy atom. The lowest BCUT2D eigenvalue weighted by molar-refractivity contribution is -0.123. The number of hydrogen-bond donors (Lipinski definition) is 2. The van der Waals surface area contributed by atoms with E-state index in [0.717, 1.165) is 38.8 Å². The van der Waals surface area contributed by atoms with E-state index in [2.05, 4.69) is 14.9 Å². The Kier molecular flexibility index (Phi) is 6.67. The molecule has 7 heteroatoms. The number of likely N-dealkylation sites (tertiary alicyclic amines) is 1. The summed E-state index contributed by atoms with van der Waals surface area (Å²) < 4.78 is 27.6. The Bertz CT molecular complexity index is 679. The highest BCUT2D eigenvalue weighted by Crippen LogP contribution is 2.18. The van der Waals surface area contributed by atoms with Crippen LogP contribution in [0.25, 0.3) is 0 Å². The van der Waals surface area contributed by atoms with E-state index in [1.54, 1.807) is 30.3 Å². The first-order valence-corrected chi connectivity index (χ1v) is 11.1. The molecular weight excluding hydrogens is 350 g/mol. The number of nitrogens with one attached hydrogen (secondary N) is 2. The molecule has 144 valence electrons. The van der Waals surface area contributed by atoms with Crippen LogP contribution in [0.1, 0.15) is 44.9 Å². The molecule has 0 bridgehead atoms. The summed E-state index contributed by atoms with van der Waals surface area (Å²) in [7, 11) is -3.47. The van der Waals surface area contributed by atoms with Gasteiger partial charge >= 0.3 is 0 Å². The fraction of sp³-hybridized carbons (Fsp3) is 0.632. The van der Waals surface area contributed by atoms with Crippen LogP contribution >= 0.6 is 0 Å². The van der Waals surface area contributed by atoms with Gasteiger partial charge in [-0.15, -0.1) is 0 Å². The molecule has 2 fully saturated rings. The molecule has 2 N–H and O–H groups in total. The standard InChI is InChI=1S/C19H29N3O3S/c23-19(20-16-7-3-1-4-8-16)15-22-13-11-17(12-14-22)21-26(24,25)18-9-5-2-6-10-18/h2,5-6,9-10,16-17,21H,1,3-4,7-8,11-15H2,(H,20,23). The number of nitrogens with zero attached hydrogens (tertiary/aromatic N) is 1. The first-order valence-electron chi connectivity index (χ1n) is 9.62. The average Bonchev–Trinajstić information content (AvgIpc) is 2.65. The highest BCUT2D eigenvalue weighted by Gasteiger charge is 2.26. The quantitative estimate of drug-likeness (QED) is 0.791. The van der Waals surface area contributed by atoms with E-state index in [9.17, 15) is 13.2 Å². The van der Waals surface area contributed by atoms with Gasteiger partial charge in [0.25, 0.3) is 0 Å². The van der Waals surface area contributed by atoms with E-state index in [1.807, 2.05) is 0 Å². The molecule has 1 saturated heterocycles. The summed E-state index contributed by atoms with van der Waals surface area (Å²) in [5.74, 6) is 0.0974. The molecule has 0 atom stereocenters. The van der Waals surface area contributed by atoms with Crippen molar-refractivity contribution in [3.05, 3.63) is 30.3 Å². The SMILES string of the molecule is O=C(CN1CCC(NS(=O)(=O)c2ccccc2)CC1)NC1CCCCC1. The molecule has 1 saturated carbocycles. The molecule has 0 aromatic heterocycles. The van der Waals surface area contributed by atoms with Crippen LogP contribution in [0, 0.1) is 0 Å². The molecule has 2 aliphatic rings. The lowest BCUT2D eigenvalue weighted by Gasteiger charge is -2.32. The lowest BCUT2D eigenvalue weighted by atomic mass is 9.95. The van der Waals surface area contributed by atoms with Gasteiger partial charge in [0.15, 0.2) is 0 Å². The van der Waals surface area contributed by atoms with E-state index in [1.165, 1.54) is 19.3 Å². The fourth-order valence-electron chi connectivity index (χ4n) is 3.82. The van der Waals surface area contributed by atoms with Crippen LogP contribution in [0.5, 0.6) is 0 Å². The van der Waals surface area contributed by atoms with Crippen LogP contribution in [-0.2, 0) is 14.8 Å². The highest BCUT2D eigenvalue weighted by atomic mass is 32.2. The zero-order chi connectivity index (χ0) is 18.4. The molecule has 1 heterocycles. The number of rotatable bonds is 6. The third-order valence-corrected chi connectivity index (χ3v) is 6.84. The summed E-state index contributed by atoms with van der Waals surface area (Å²) in [5, 5.41) is 3.14. The third-order valence-electron chi connectivity index (χ3n) is 5.30. The number of benzene rings is 1. The summed E-state index contributed by atoms with van der Waals surface area (Å²) in [6, 6.07) is 8.73. The van der Waals surface area contributed by atoms with E-state index < -0.39 is 10.0 Å². The van der Waals surface area contributed by atoms with Crippen molar-refractivity contribution in [3.63, 3.8) is 0 Å². The summed E-state index contributed by atoms with van der Waals surface area (Å²) in [6.07, 6.45) is 7.32. The molecule has 26 heavy (non-hydrogen) atoms. The van der Waals surface area contributed by atoms with Crippen molar-refractivity contribution in [1.82, 2.24) is 14.9 Å². The van der Waals surface area contributed by atoms with Gasteiger partial charge in [-0.2, -0.15) is 0 Å². The Balaban J connectivity index is 1.42. The Labute approximate surface area is 156 Å². The Hall–Kier alpha value is -1.44. The fourth-order valence-corrected chi connectivity index (χ4v) is 5.15. The summed E-state index contributed by atoms with van der Waals surface area (Å²) in [4.78, 5) is 14.6. The minimum atomic E-state index is -3.47. The van der Waals surface area contributed by atoms with Crippen LogP contribution in [-0.4, -0.2) is 50.9 Å². The summed E-state index contributed by atoms with van der Waals surface area (Å²) in [6.45, 7) is 1.88. The number of carbonyl (C=O) groups is 1. The number of amides is 1. The van der Waals surface area contributed by atoms with Gasteiger partial charge in [0.2, 0.25) is 15.9 Å². The first-order chi connectivity index (χ1) is 12.5. The van der Waals surface area contributed by atoms with E-state index >= 15 is 0 Å². The lowest BCUT2D eigenvalue weighted by Crippen LogP contribution is -2.48. The molecule has 1 aromatic rings. The van der Waals surface area contributed by atoms with Crippen molar-refractivity contribution in [2.45, 2.75) is 61.9 Å². The van der Waals surface area contributed by atoms with E-state index in [-0.39, 0.29) is 11.9 Å². The molecular formula is C19H29N3O3S. The molecule has 0 unspecified atom stereocenters. The molecule has 1 amide bonds. The average molecular weight is 380 g/mol. The van der Waals surface area contributed by atoms with Crippen molar-refractivity contribution in [3.8, 4) is 0 Å². The van der Waals surface area contributed by atoms with Crippen molar-refractivity contribution in [1.29, 1.82) is 0 Å². The molecule has 0 radical (unpaired) electrons. The summed E-state index contributed by atoms with van der Waals surface area (Å²) in [5.41, 5.74) is 0. The van der Waals surface area contributed by atoms with E-state index in [0.29, 0.717) is 17.5 Å². The topological polar surface area (TPSA) is 78.5 Å². The second-order valence-corrected chi connectivity index (χ2v) is 9.10. The van der Waals surface area contributed by atoms with Crippen LogP contribution in [0.2, 0.25) is 0 Å². The Morgan fingerprint density at radius 3 is 2.27 bits per heavy atom. The first kappa shape index (κ1) is 19.3. The number of hydrogen-bond acceptors (Lipinski definition) is 4. The minimum absolute atomic E-state index is 0.0714. The predicted octanol–water partition coefficient (Wildman–Crippen LogP) is 1.88. The molecule has 1 aromatic carbocycles. The van der Waals surface area contributed by atoms with Gasteiger partial charge in [0, 0.05) is 25.2 Å². The van der Waals surface area contributed by atoms with Gasteiger partial charge in [-0.05, 0) is 37.8 Å². The smallest absolute Gasteiger partial charge is 0.240 e. The van der Waals surface area contributed by atoms with Gasteiger partial charge in [0.05, 0.1) is 11.4 Å². The van der Waals surface area contributed by atoms with Crippen LogP contribution < -0.4 is 10.0 Å². The second-order valence-electron chi connectivity index (χ2n) is 7.39. The zero-order valence-electron chi connectivity index (χ0n) is 15.2. The molecule has 6 nitrogen and oxygen atoms in total. The maximum atomic E-state index is 12.4. The number of sulfonamides is 1. The van der Waals surface area contributed by atoms with Crippen LogP contribution in [0.3, 0.4) is 0 Å². The van der Waals surface area contributed by atoms with Crippen LogP contribution in [0.15, 0.2) is 35.2 Å². The van der Waals surface area contributed by atoms with Gasteiger partial charge in [-0.1, -0.05) is 37.5 Å². The van der Waals surface area contributed by atoms with Crippen molar-refractivity contribution < 1.29 is 13.2 Å². The van der Waals surface area contributed by atoms with Crippen LogP contribution in [0.4, 0.5) is 0 Å². The predicted molar refractivity (Wildman–Crippen MR) is 101 cm³/mol. The molecule has 1 aliphatic carbocycles.